The van der Waals surface area contributed by atoms with Crippen LogP contribution in [0.25, 0.3) is 0 Å². The lowest BCUT2D eigenvalue weighted by Gasteiger charge is -2.17. The Hall–Kier alpha value is -2.74. The second-order valence-electron chi connectivity index (χ2n) is 4.68. The summed E-state index contributed by atoms with van der Waals surface area (Å²) >= 11 is 0. The zero-order chi connectivity index (χ0) is 16.1. The van der Waals surface area contributed by atoms with Gasteiger partial charge >= 0.3 is 0 Å². The standard InChI is InChI=1S/C14H20N6O2/c1-20(2)19-14-12(15)13(16-8-17-14)18-10-7-9(21-3)5-6-11(10)22-4/h5-8H,15H2,1-4H3,(H2,16,17,18,19). The van der Waals surface area contributed by atoms with Gasteiger partial charge in [-0.15, -0.1) is 0 Å². The molecule has 8 heteroatoms. The lowest BCUT2D eigenvalue weighted by molar-refractivity contribution is 0.405. The van der Waals surface area contributed by atoms with Gasteiger partial charge in [0.15, 0.2) is 11.6 Å². The third kappa shape index (κ3) is 3.47. The van der Waals surface area contributed by atoms with Crippen molar-refractivity contribution in [3.63, 3.8) is 0 Å². The summed E-state index contributed by atoms with van der Waals surface area (Å²) in [6.07, 6.45) is 1.43. The second kappa shape index (κ2) is 6.81. The molecule has 2 rings (SSSR count). The molecule has 22 heavy (non-hydrogen) atoms. The monoisotopic (exact) mass is 304 g/mol. The summed E-state index contributed by atoms with van der Waals surface area (Å²) in [5.74, 6) is 2.35. The van der Waals surface area contributed by atoms with Crippen LogP contribution in [-0.2, 0) is 0 Å². The third-order valence-corrected chi connectivity index (χ3v) is 2.87. The molecule has 8 nitrogen and oxygen atoms in total. The minimum absolute atomic E-state index is 0.404. The highest BCUT2D eigenvalue weighted by Gasteiger charge is 2.12. The summed E-state index contributed by atoms with van der Waals surface area (Å²) in [6.45, 7) is 0. The van der Waals surface area contributed by atoms with Gasteiger partial charge in [0, 0.05) is 20.2 Å². The van der Waals surface area contributed by atoms with Crippen LogP contribution in [0.1, 0.15) is 0 Å². The van der Waals surface area contributed by atoms with Crippen molar-refractivity contribution in [3.05, 3.63) is 24.5 Å². The Morgan fingerprint density at radius 2 is 1.82 bits per heavy atom. The number of hydrogen-bond donors (Lipinski definition) is 3. The molecule has 0 atom stereocenters. The molecule has 0 aliphatic carbocycles. The number of nitrogens with zero attached hydrogens (tertiary/aromatic N) is 3. The van der Waals surface area contributed by atoms with Crippen LogP contribution in [0.2, 0.25) is 0 Å². The van der Waals surface area contributed by atoms with Crippen molar-refractivity contribution in [2.45, 2.75) is 0 Å². The van der Waals surface area contributed by atoms with Crippen molar-refractivity contribution >= 4 is 23.0 Å². The summed E-state index contributed by atoms with van der Waals surface area (Å²) in [5, 5.41) is 4.89. The number of methoxy groups -OCH3 is 2. The van der Waals surface area contributed by atoms with Gasteiger partial charge in [-0.2, -0.15) is 0 Å². The topological polar surface area (TPSA) is 97.6 Å². The summed E-state index contributed by atoms with van der Waals surface area (Å²) in [6, 6.07) is 5.42. The SMILES string of the molecule is COc1ccc(OC)c(Nc2ncnc(NN(C)C)c2N)c1. The molecular weight excluding hydrogens is 284 g/mol. The zero-order valence-electron chi connectivity index (χ0n) is 13.0. The Labute approximate surface area is 129 Å². The molecule has 0 spiro atoms. The fourth-order valence-electron chi connectivity index (χ4n) is 1.84. The number of nitrogens with one attached hydrogen (secondary N) is 2. The van der Waals surface area contributed by atoms with E-state index in [0.717, 1.165) is 0 Å². The Bertz CT molecular complexity index is 647. The molecule has 0 aliphatic rings. The van der Waals surface area contributed by atoms with Gasteiger partial charge < -0.3 is 25.9 Å². The fourth-order valence-corrected chi connectivity index (χ4v) is 1.84. The van der Waals surface area contributed by atoms with Crippen molar-refractivity contribution in [2.24, 2.45) is 0 Å². The average Bonchev–Trinajstić information content (AvgIpc) is 2.50. The molecule has 0 saturated carbocycles. The Morgan fingerprint density at radius 3 is 2.45 bits per heavy atom. The molecule has 0 bridgehead atoms. The fraction of sp³-hybridized carbons (Fsp3) is 0.286. The molecule has 118 valence electrons. The lowest BCUT2D eigenvalue weighted by Crippen LogP contribution is -2.21. The smallest absolute Gasteiger partial charge is 0.169 e. The van der Waals surface area contributed by atoms with E-state index in [-0.39, 0.29) is 0 Å². The molecule has 0 amide bonds. The maximum atomic E-state index is 6.09. The first kappa shape index (κ1) is 15.6. The molecule has 1 aromatic heterocycles. The number of rotatable bonds is 6. The molecule has 0 fully saturated rings. The van der Waals surface area contributed by atoms with Gasteiger partial charge in [-0.25, -0.2) is 15.0 Å². The molecule has 1 heterocycles. The molecule has 2 aromatic rings. The first-order valence-electron chi connectivity index (χ1n) is 6.58. The van der Waals surface area contributed by atoms with E-state index in [4.69, 9.17) is 15.2 Å². The van der Waals surface area contributed by atoms with Crippen molar-refractivity contribution in [2.75, 3.05) is 44.8 Å². The molecule has 1 aromatic carbocycles. The van der Waals surface area contributed by atoms with Gasteiger partial charge in [0.1, 0.15) is 23.5 Å². The summed E-state index contributed by atoms with van der Waals surface area (Å²) in [4.78, 5) is 8.28. The van der Waals surface area contributed by atoms with Crippen LogP contribution in [-0.4, -0.2) is 43.3 Å². The van der Waals surface area contributed by atoms with E-state index in [1.807, 2.05) is 20.2 Å². The average molecular weight is 304 g/mol. The van der Waals surface area contributed by atoms with Crippen LogP contribution in [0, 0.1) is 0 Å². The quantitative estimate of drug-likeness (QED) is 0.694. The van der Waals surface area contributed by atoms with Gasteiger partial charge in [-0.3, -0.25) is 0 Å². The number of hydrogen-bond acceptors (Lipinski definition) is 8. The van der Waals surface area contributed by atoms with Crippen LogP contribution in [0.5, 0.6) is 11.5 Å². The highest BCUT2D eigenvalue weighted by Crippen LogP contribution is 2.33. The number of ether oxygens (including phenoxy) is 2. The van der Waals surface area contributed by atoms with E-state index < -0.39 is 0 Å². The minimum Gasteiger partial charge on any atom is -0.497 e. The van der Waals surface area contributed by atoms with Crippen molar-refractivity contribution in [1.82, 2.24) is 15.0 Å². The largest absolute Gasteiger partial charge is 0.497 e. The van der Waals surface area contributed by atoms with Gasteiger partial charge in [-0.05, 0) is 12.1 Å². The number of anilines is 4. The van der Waals surface area contributed by atoms with Crippen LogP contribution >= 0.6 is 0 Å². The first-order valence-corrected chi connectivity index (χ1v) is 6.58. The molecular formula is C14H20N6O2. The minimum atomic E-state index is 0.404. The van der Waals surface area contributed by atoms with E-state index in [0.29, 0.717) is 34.5 Å². The van der Waals surface area contributed by atoms with Crippen molar-refractivity contribution < 1.29 is 9.47 Å². The predicted octanol–water partition coefficient (Wildman–Crippen LogP) is 1.71. The van der Waals surface area contributed by atoms with E-state index in [2.05, 4.69) is 20.7 Å². The molecule has 0 saturated heterocycles. The van der Waals surface area contributed by atoms with Crippen molar-refractivity contribution in [3.8, 4) is 11.5 Å². The van der Waals surface area contributed by atoms with Crippen LogP contribution in [0.15, 0.2) is 24.5 Å². The maximum Gasteiger partial charge on any atom is 0.169 e. The highest BCUT2D eigenvalue weighted by molar-refractivity contribution is 5.79. The van der Waals surface area contributed by atoms with Gasteiger partial charge in [0.05, 0.1) is 19.9 Å². The molecule has 0 unspecified atom stereocenters. The van der Waals surface area contributed by atoms with Crippen LogP contribution < -0.4 is 25.9 Å². The summed E-state index contributed by atoms with van der Waals surface area (Å²) < 4.78 is 10.5. The molecule has 0 aliphatic heterocycles. The van der Waals surface area contributed by atoms with E-state index in [9.17, 15) is 0 Å². The zero-order valence-corrected chi connectivity index (χ0v) is 13.0. The first-order chi connectivity index (χ1) is 10.5. The Morgan fingerprint density at radius 1 is 1.09 bits per heavy atom. The third-order valence-electron chi connectivity index (χ3n) is 2.87. The number of nitrogen functional groups attached to an aromatic ring is 1. The van der Waals surface area contributed by atoms with Gasteiger partial charge in [0.25, 0.3) is 0 Å². The normalized spacial score (nSPS) is 10.4. The number of benzene rings is 1. The number of aromatic nitrogens is 2. The van der Waals surface area contributed by atoms with Crippen LogP contribution in [0.3, 0.4) is 0 Å². The van der Waals surface area contributed by atoms with Crippen molar-refractivity contribution in [1.29, 1.82) is 0 Å². The van der Waals surface area contributed by atoms with E-state index >= 15 is 0 Å². The van der Waals surface area contributed by atoms with E-state index in [1.165, 1.54) is 6.33 Å². The molecule has 0 radical (unpaired) electrons. The Kier molecular flexibility index (Phi) is 4.84. The lowest BCUT2D eigenvalue weighted by atomic mass is 10.2. The van der Waals surface area contributed by atoms with Gasteiger partial charge in [0.2, 0.25) is 0 Å². The van der Waals surface area contributed by atoms with Gasteiger partial charge in [-0.1, -0.05) is 0 Å². The Balaban J connectivity index is 2.34. The predicted molar refractivity (Wildman–Crippen MR) is 86.6 cm³/mol. The summed E-state index contributed by atoms with van der Waals surface area (Å²) in [5.41, 5.74) is 10.2. The molecule has 4 N–H and O–H groups in total. The summed E-state index contributed by atoms with van der Waals surface area (Å²) in [7, 11) is 6.89. The van der Waals surface area contributed by atoms with Crippen LogP contribution in [0.4, 0.5) is 23.0 Å². The number of nitrogens with two attached hydrogens (primary N) is 1. The van der Waals surface area contributed by atoms with E-state index in [1.54, 1.807) is 31.4 Å². The highest BCUT2D eigenvalue weighted by atomic mass is 16.5. The second-order valence-corrected chi connectivity index (χ2v) is 4.68. The number of hydrazine groups is 1. The maximum absolute atomic E-state index is 6.09.